The number of carbonyl (C=O) groups is 1. The molecule has 3 rings (SSSR count). The van der Waals surface area contributed by atoms with Gasteiger partial charge in [0.2, 0.25) is 0 Å². The summed E-state index contributed by atoms with van der Waals surface area (Å²) < 4.78 is 6.33. The maximum absolute atomic E-state index is 12.1. The van der Waals surface area contributed by atoms with Crippen molar-refractivity contribution in [2.24, 2.45) is 5.73 Å². The number of carbonyl (C=O) groups excluding carboxylic acids is 1. The molecule has 0 aliphatic carbocycles. The lowest BCUT2D eigenvalue weighted by Crippen LogP contribution is -2.51. The molecule has 1 saturated heterocycles. The molecule has 1 aromatic heterocycles. The fraction of sp³-hybridized carbons (Fsp3) is 0.600. The van der Waals surface area contributed by atoms with Crippen LogP contribution >= 0.6 is 11.3 Å². The number of thiazole rings is 1. The van der Waals surface area contributed by atoms with Crippen molar-refractivity contribution in [2.75, 3.05) is 11.9 Å². The predicted molar refractivity (Wildman–Crippen MR) is 70.7 cm³/mol. The lowest BCUT2D eigenvalue weighted by atomic mass is 10.1. The first-order valence-corrected chi connectivity index (χ1v) is 6.96. The number of nitrogens with two attached hydrogens (primary N) is 1. The Hall–Kier alpha value is -1.50. The van der Waals surface area contributed by atoms with Gasteiger partial charge in [0.25, 0.3) is 5.91 Å². The third-order valence-corrected chi connectivity index (χ3v) is 4.35. The zero-order chi connectivity index (χ0) is 15.3. The van der Waals surface area contributed by atoms with Crippen LogP contribution in [-0.4, -0.2) is 57.0 Å². The van der Waals surface area contributed by atoms with E-state index in [1.54, 1.807) is 0 Å². The summed E-state index contributed by atoms with van der Waals surface area (Å²) in [6.45, 7) is -0.511. The average molecular weight is 318 g/mol. The van der Waals surface area contributed by atoms with Gasteiger partial charge in [-0.15, -0.1) is 0 Å². The summed E-state index contributed by atoms with van der Waals surface area (Å²) in [4.78, 5) is 23.4. The van der Waals surface area contributed by atoms with E-state index in [1.807, 2.05) is 0 Å². The van der Waals surface area contributed by atoms with Gasteiger partial charge in [-0.1, -0.05) is 11.3 Å². The van der Waals surface area contributed by atoms with E-state index in [4.69, 9.17) is 15.6 Å². The molecule has 0 bridgehead atoms. The van der Waals surface area contributed by atoms with Crippen LogP contribution in [0.4, 0.5) is 5.82 Å². The summed E-state index contributed by atoms with van der Waals surface area (Å²) >= 11 is 0.668. The zero-order valence-electron chi connectivity index (χ0n) is 10.6. The van der Waals surface area contributed by atoms with Crippen molar-refractivity contribution in [3.05, 3.63) is 14.5 Å². The Labute approximate surface area is 121 Å². The zero-order valence-corrected chi connectivity index (χ0v) is 11.4. The summed E-state index contributed by atoms with van der Waals surface area (Å²) in [5.41, 5.74) is 5.59. The SMILES string of the molecule is NC1NC(=O)c2sc(=O)n([C@@H]3O[C@H](CO)[C@@H](O)[C@H]3O)c2N1. The normalized spacial score (nSPS) is 35.2. The van der Waals surface area contributed by atoms with Crippen molar-refractivity contribution in [2.45, 2.75) is 30.8 Å². The van der Waals surface area contributed by atoms with Gasteiger partial charge in [0.05, 0.1) is 6.61 Å². The van der Waals surface area contributed by atoms with Crippen LogP contribution in [0.3, 0.4) is 0 Å². The third kappa shape index (κ3) is 2.14. The monoisotopic (exact) mass is 318 g/mol. The molecule has 2 aliphatic heterocycles. The highest BCUT2D eigenvalue weighted by atomic mass is 32.1. The van der Waals surface area contributed by atoms with Crippen molar-refractivity contribution in [3.8, 4) is 0 Å². The van der Waals surface area contributed by atoms with Gasteiger partial charge in [-0.2, -0.15) is 0 Å². The maximum atomic E-state index is 12.1. The molecule has 0 saturated carbocycles. The molecular weight excluding hydrogens is 304 g/mol. The molecule has 1 fully saturated rings. The number of nitrogens with zero attached hydrogens (tertiary/aromatic N) is 1. The number of anilines is 1. The highest BCUT2D eigenvalue weighted by Crippen LogP contribution is 2.33. The van der Waals surface area contributed by atoms with Crippen molar-refractivity contribution in [1.29, 1.82) is 0 Å². The molecular formula is C10H14N4O6S. The molecule has 10 nitrogen and oxygen atoms in total. The minimum Gasteiger partial charge on any atom is -0.394 e. The van der Waals surface area contributed by atoms with Gasteiger partial charge in [-0.25, -0.2) is 0 Å². The molecule has 1 amide bonds. The lowest BCUT2D eigenvalue weighted by molar-refractivity contribution is -0.0528. The minimum absolute atomic E-state index is 0.111. The Morgan fingerprint density at radius 1 is 1.29 bits per heavy atom. The predicted octanol–water partition coefficient (Wildman–Crippen LogP) is -3.08. The summed E-state index contributed by atoms with van der Waals surface area (Å²) in [6, 6.07) is 0. The van der Waals surface area contributed by atoms with Gasteiger partial charge in [0, 0.05) is 0 Å². The van der Waals surface area contributed by atoms with Crippen molar-refractivity contribution < 1.29 is 24.9 Å². The molecule has 21 heavy (non-hydrogen) atoms. The molecule has 7 N–H and O–H groups in total. The number of fused-ring (bicyclic) bond motifs is 1. The summed E-state index contributed by atoms with van der Waals surface area (Å²) in [5.74, 6) is -0.389. The van der Waals surface area contributed by atoms with Gasteiger partial charge in [0.15, 0.2) is 12.5 Å². The fourth-order valence-corrected chi connectivity index (χ4v) is 3.26. The number of amides is 1. The van der Waals surface area contributed by atoms with E-state index in [2.05, 4.69) is 10.6 Å². The number of aliphatic hydroxyl groups excluding tert-OH is 3. The van der Waals surface area contributed by atoms with Crippen LogP contribution in [0.25, 0.3) is 0 Å². The fourth-order valence-electron chi connectivity index (χ4n) is 2.39. The molecule has 116 valence electrons. The van der Waals surface area contributed by atoms with Crippen molar-refractivity contribution in [3.63, 3.8) is 0 Å². The second-order valence-electron chi connectivity index (χ2n) is 4.74. The Morgan fingerprint density at radius 2 is 2.00 bits per heavy atom. The number of hydrogen-bond donors (Lipinski definition) is 6. The first-order valence-electron chi connectivity index (χ1n) is 6.14. The van der Waals surface area contributed by atoms with Crippen LogP contribution in [0.2, 0.25) is 0 Å². The Balaban J connectivity index is 2.04. The molecule has 0 aromatic carbocycles. The van der Waals surface area contributed by atoms with Crippen LogP contribution in [-0.2, 0) is 4.74 Å². The number of rotatable bonds is 2. The lowest BCUT2D eigenvalue weighted by Gasteiger charge is -2.25. The number of aliphatic hydroxyl groups is 3. The molecule has 1 unspecified atom stereocenters. The standard InChI is InChI=1S/C10H14N4O6S/c11-9-12-6-5(7(18)13-9)21-10(19)14(6)8-4(17)3(16)2(1-15)20-8/h2-4,8-9,12,15-17H,1,11H2,(H,13,18)/t2-,3-,4-,8-,9?/m1/s1. The highest BCUT2D eigenvalue weighted by molar-refractivity contribution is 7.12. The minimum atomic E-state index is -1.42. The van der Waals surface area contributed by atoms with E-state index in [9.17, 15) is 19.8 Å². The third-order valence-electron chi connectivity index (χ3n) is 3.40. The quantitative estimate of drug-likeness (QED) is 0.335. The van der Waals surface area contributed by atoms with Crippen molar-refractivity contribution in [1.82, 2.24) is 9.88 Å². The van der Waals surface area contributed by atoms with Crippen LogP contribution < -0.4 is 21.2 Å². The number of hydrogen-bond acceptors (Lipinski definition) is 9. The molecule has 2 aliphatic rings. The average Bonchev–Trinajstić information content (AvgIpc) is 2.89. The highest BCUT2D eigenvalue weighted by Gasteiger charge is 2.46. The van der Waals surface area contributed by atoms with Crippen molar-refractivity contribution >= 4 is 23.1 Å². The van der Waals surface area contributed by atoms with E-state index in [-0.39, 0.29) is 10.7 Å². The Morgan fingerprint density at radius 3 is 2.62 bits per heavy atom. The molecule has 0 spiro atoms. The number of ether oxygens (including phenoxy) is 1. The number of nitrogens with one attached hydrogen (secondary N) is 2. The Kier molecular flexibility index (Phi) is 3.47. The van der Waals surface area contributed by atoms with E-state index in [0.717, 1.165) is 4.57 Å². The van der Waals surface area contributed by atoms with Gasteiger partial charge >= 0.3 is 4.87 Å². The molecule has 11 heteroatoms. The van der Waals surface area contributed by atoms with E-state index in [0.29, 0.717) is 11.3 Å². The van der Waals surface area contributed by atoms with Gasteiger partial charge in [-0.05, 0) is 0 Å². The van der Waals surface area contributed by atoms with Gasteiger partial charge in [0.1, 0.15) is 29.0 Å². The van der Waals surface area contributed by atoms with E-state index < -0.39 is 48.2 Å². The second kappa shape index (κ2) is 5.05. The largest absolute Gasteiger partial charge is 0.394 e. The van der Waals surface area contributed by atoms with E-state index in [1.165, 1.54) is 0 Å². The summed E-state index contributed by atoms with van der Waals surface area (Å²) in [7, 11) is 0. The van der Waals surface area contributed by atoms with Crippen LogP contribution in [0.5, 0.6) is 0 Å². The Bertz CT molecular complexity index is 630. The number of aromatic nitrogens is 1. The van der Waals surface area contributed by atoms with Gasteiger partial charge in [-0.3, -0.25) is 19.9 Å². The topological polar surface area (TPSA) is 159 Å². The summed E-state index contributed by atoms with van der Waals surface area (Å²) in [6.07, 6.45) is -5.87. The second-order valence-corrected chi connectivity index (χ2v) is 5.70. The van der Waals surface area contributed by atoms with Crippen LogP contribution in [0.1, 0.15) is 15.9 Å². The molecule has 0 radical (unpaired) electrons. The molecule has 5 atom stereocenters. The molecule has 1 aromatic rings. The summed E-state index contributed by atoms with van der Waals surface area (Å²) in [5, 5.41) is 33.9. The first-order chi connectivity index (χ1) is 9.93. The maximum Gasteiger partial charge on any atom is 0.311 e. The smallest absolute Gasteiger partial charge is 0.311 e. The van der Waals surface area contributed by atoms with Crippen LogP contribution in [0, 0.1) is 0 Å². The molecule has 3 heterocycles. The first kappa shape index (κ1) is 14.4. The van der Waals surface area contributed by atoms with Gasteiger partial charge < -0.3 is 30.7 Å². The van der Waals surface area contributed by atoms with Crippen LogP contribution in [0.15, 0.2) is 4.79 Å². The van der Waals surface area contributed by atoms with E-state index >= 15 is 0 Å².